The van der Waals surface area contributed by atoms with Crippen LogP contribution in [0.25, 0.3) is 0 Å². The van der Waals surface area contributed by atoms with E-state index in [4.69, 9.17) is 4.74 Å². The molecule has 1 unspecified atom stereocenters. The lowest BCUT2D eigenvalue weighted by molar-refractivity contribution is 0.0786. The minimum Gasteiger partial charge on any atom is -0.482 e. The molecular weight excluding hydrogens is 248 g/mol. The monoisotopic (exact) mass is 268 g/mol. The van der Waals surface area contributed by atoms with Crippen LogP contribution < -0.4 is 4.74 Å². The molecule has 2 nitrogen and oxygen atoms in total. The van der Waals surface area contributed by atoms with Gasteiger partial charge in [0.05, 0.1) is 0 Å². The molecular formula is C18H20O2. The molecule has 0 amide bonds. The molecule has 2 aromatic carbocycles. The average molecular weight is 268 g/mol. The Morgan fingerprint density at radius 2 is 1.65 bits per heavy atom. The van der Waals surface area contributed by atoms with Gasteiger partial charge in [0.1, 0.15) is 5.75 Å². The van der Waals surface area contributed by atoms with Gasteiger partial charge in [0.2, 0.25) is 5.78 Å². The fourth-order valence-corrected chi connectivity index (χ4v) is 2.28. The highest BCUT2D eigenvalue weighted by molar-refractivity contribution is 5.99. The first kappa shape index (κ1) is 14.3. The zero-order chi connectivity index (χ0) is 14.5. The second-order valence-corrected chi connectivity index (χ2v) is 5.07. The van der Waals surface area contributed by atoms with E-state index in [-0.39, 0.29) is 5.78 Å². The van der Waals surface area contributed by atoms with Crippen molar-refractivity contribution in [2.45, 2.75) is 33.3 Å². The van der Waals surface area contributed by atoms with Crippen LogP contribution in [0.5, 0.6) is 5.75 Å². The third kappa shape index (κ3) is 3.47. The summed E-state index contributed by atoms with van der Waals surface area (Å²) in [6.07, 6.45) is 0.222. The third-order valence-corrected chi connectivity index (χ3v) is 3.20. The van der Waals surface area contributed by atoms with Gasteiger partial charge in [-0.05, 0) is 43.5 Å². The molecule has 2 rings (SSSR count). The van der Waals surface area contributed by atoms with Gasteiger partial charge in [0.15, 0.2) is 6.10 Å². The minimum atomic E-state index is -0.432. The molecule has 0 aliphatic rings. The van der Waals surface area contributed by atoms with Crippen molar-refractivity contribution in [3.8, 4) is 5.75 Å². The van der Waals surface area contributed by atoms with Gasteiger partial charge in [-0.2, -0.15) is 0 Å². The summed E-state index contributed by atoms with van der Waals surface area (Å²) in [5.41, 5.74) is 2.98. The Morgan fingerprint density at radius 3 is 2.20 bits per heavy atom. The van der Waals surface area contributed by atoms with E-state index in [9.17, 15) is 4.79 Å². The van der Waals surface area contributed by atoms with Crippen LogP contribution in [0.4, 0.5) is 0 Å². The highest BCUT2D eigenvalue weighted by atomic mass is 16.5. The first-order valence-electron chi connectivity index (χ1n) is 6.94. The summed E-state index contributed by atoms with van der Waals surface area (Å²) in [5.74, 6) is 0.797. The number of aryl methyl sites for hydroxylation is 2. The third-order valence-electron chi connectivity index (χ3n) is 3.20. The highest BCUT2D eigenvalue weighted by Gasteiger charge is 2.20. The number of ether oxygens (including phenoxy) is 1. The van der Waals surface area contributed by atoms with Crippen LogP contribution in [0, 0.1) is 13.8 Å². The number of carbonyl (C=O) groups excluding carboxylic acids is 1. The lowest BCUT2D eigenvalue weighted by Gasteiger charge is -2.17. The van der Waals surface area contributed by atoms with Crippen molar-refractivity contribution in [2.24, 2.45) is 0 Å². The second kappa shape index (κ2) is 6.38. The predicted molar refractivity (Wildman–Crippen MR) is 81.4 cm³/mol. The SMILES string of the molecule is CCC(Oc1cc(C)cc(C)c1)C(=O)c1ccccc1. The first-order valence-corrected chi connectivity index (χ1v) is 6.94. The maximum atomic E-state index is 12.4. The normalized spacial score (nSPS) is 11.9. The van der Waals surface area contributed by atoms with E-state index in [1.807, 2.05) is 63.2 Å². The van der Waals surface area contributed by atoms with Gasteiger partial charge in [-0.1, -0.05) is 43.3 Å². The minimum absolute atomic E-state index is 0.0345. The largest absolute Gasteiger partial charge is 0.482 e. The lowest BCUT2D eigenvalue weighted by atomic mass is 10.0. The Kier molecular flexibility index (Phi) is 4.57. The van der Waals surface area contributed by atoms with Crippen LogP contribution in [0.15, 0.2) is 48.5 Å². The van der Waals surface area contributed by atoms with Gasteiger partial charge in [-0.25, -0.2) is 0 Å². The highest BCUT2D eigenvalue weighted by Crippen LogP contribution is 2.20. The van der Waals surface area contributed by atoms with Gasteiger partial charge >= 0.3 is 0 Å². The lowest BCUT2D eigenvalue weighted by Crippen LogP contribution is -2.26. The number of carbonyl (C=O) groups is 1. The number of rotatable bonds is 5. The van der Waals surface area contributed by atoms with Crippen LogP contribution in [0.3, 0.4) is 0 Å². The van der Waals surface area contributed by atoms with E-state index in [0.29, 0.717) is 12.0 Å². The van der Waals surface area contributed by atoms with Crippen molar-refractivity contribution < 1.29 is 9.53 Å². The molecule has 0 radical (unpaired) electrons. The van der Waals surface area contributed by atoms with E-state index in [1.54, 1.807) is 0 Å². The van der Waals surface area contributed by atoms with Crippen molar-refractivity contribution in [1.82, 2.24) is 0 Å². The summed E-state index contributed by atoms with van der Waals surface area (Å²) in [6, 6.07) is 15.3. The van der Waals surface area contributed by atoms with Crippen LogP contribution in [0.1, 0.15) is 34.8 Å². The fraction of sp³-hybridized carbons (Fsp3) is 0.278. The van der Waals surface area contributed by atoms with Crippen molar-refractivity contribution >= 4 is 5.78 Å². The maximum absolute atomic E-state index is 12.4. The number of benzene rings is 2. The molecule has 0 bridgehead atoms. The first-order chi connectivity index (χ1) is 9.60. The van der Waals surface area contributed by atoms with E-state index in [0.717, 1.165) is 16.9 Å². The van der Waals surface area contributed by atoms with Gasteiger partial charge in [0.25, 0.3) is 0 Å². The zero-order valence-electron chi connectivity index (χ0n) is 12.2. The molecule has 104 valence electrons. The van der Waals surface area contributed by atoms with Crippen molar-refractivity contribution in [3.63, 3.8) is 0 Å². The Hall–Kier alpha value is -2.09. The number of hydrogen-bond acceptors (Lipinski definition) is 2. The Morgan fingerprint density at radius 1 is 1.05 bits per heavy atom. The molecule has 0 aromatic heterocycles. The molecule has 0 aliphatic heterocycles. The quantitative estimate of drug-likeness (QED) is 0.754. The predicted octanol–water partition coefficient (Wildman–Crippen LogP) is 4.34. The number of hydrogen-bond donors (Lipinski definition) is 0. The van der Waals surface area contributed by atoms with Gasteiger partial charge in [-0.15, -0.1) is 0 Å². The topological polar surface area (TPSA) is 26.3 Å². The molecule has 2 heteroatoms. The van der Waals surface area contributed by atoms with E-state index >= 15 is 0 Å². The Balaban J connectivity index is 2.18. The van der Waals surface area contributed by atoms with Crippen molar-refractivity contribution in [3.05, 3.63) is 65.2 Å². The van der Waals surface area contributed by atoms with E-state index in [1.165, 1.54) is 0 Å². The summed E-state index contributed by atoms with van der Waals surface area (Å²) >= 11 is 0. The molecule has 0 fully saturated rings. The molecule has 2 aromatic rings. The zero-order valence-corrected chi connectivity index (χ0v) is 12.2. The van der Waals surface area contributed by atoms with Crippen LogP contribution in [-0.2, 0) is 0 Å². The molecule has 0 N–H and O–H groups in total. The molecule has 20 heavy (non-hydrogen) atoms. The number of ketones is 1. The summed E-state index contributed by atoms with van der Waals surface area (Å²) in [5, 5.41) is 0. The standard InChI is InChI=1S/C18H20O2/c1-4-17(18(19)15-8-6-5-7-9-15)20-16-11-13(2)10-14(3)12-16/h5-12,17H,4H2,1-3H3. The molecule has 0 saturated heterocycles. The Labute approximate surface area is 120 Å². The summed E-state index contributed by atoms with van der Waals surface area (Å²) in [6.45, 7) is 6.02. The van der Waals surface area contributed by atoms with Crippen LogP contribution in [-0.4, -0.2) is 11.9 Å². The molecule has 0 aliphatic carbocycles. The molecule has 0 heterocycles. The summed E-state index contributed by atoms with van der Waals surface area (Å²) in [7, 11) is 0. The molecule has 0 spiro atoms. The number of Topliss-reactive ketones (excluding diaryl/α,β-unsaturated/α-hetero) is 1. The fourth-order valence-electron chi connectivity index (χ4n) is 2.28. The van der Waals surface area contributed by atoms with Gasteiger partial charge in [-0.3, -0.25) is 4.79 Å². The Bertz CT molecular complexity index is 567. The smallest absolute Gasteiger partial charge is 0.203 e. The summed E-state index contributed by atoms with van der Waals surface area (Å²) < 4.78 is 5.89. The van der Waals surface area contributed by atoms with Crippen molar-refractivity contribution in [1.29, 1.82) is 0 Å². The van der Waals surface area contributed by atoms with Gasteiger partial charge < -0.3 is 4.74 Å². The average Bonchev–Trinajstić information content (AvgIpc) is 2.44. The summed E-state index contributed by atoms with van der Waals surface area (Å²) in [4.78, 5) is 12.4. The van der Waals surface area contributed by atoms with Crippen LogP contribution >= 0.6 is 0 Å². The maximum Gasteiger partial charge on any atom is 0.203 e. The van der Waals surface area contributed by atoms with Crippen molar-refractivity contribution in [2.75, 3.05) is 0 Å². The molecule has 1 atom stereocenters. The van der Waals surface area contributed by atoms with E-state index in [2.05, 4.69) is 6.07 Å². The van der Waals surface area contributed by atoms with Gasteiger partial charge in [0, 0.05) is 5.56 Å². The van der Waals surface area contributed by atoms with Crippen LogP contribution in [0.2, 0.25) is 0 Å². The molecule has 0 saturated carbocycles. The second-order valence-electron chi connectivity index (χ2n) is 5.07. The van der Waals surface area contributed by atoms with E-state index < -0.39 is 6.10 Å².